The summed E-state index contributed by atoms with van der Waals surface area (Å²) >= 11 is 0. The summed E-state index contributed by atoms with van der Waals surface area (Å²) in [6, 6.07) is 13.7. The van der Waals surface area contributed by atoms with Crippen molar-refractivity contribution in [2.75, 3.05) is 12.1 Å². The van der Waals surface area contributed by atoms with Gasteiger partial charge in [-0.3, -0.25) is 0 Å². The van der Waals surface area contributed by atoms with Crippen molar-refractivity contribution < 1.29 is 19.1 Å². The van der Waals surface area contributed by atoms with Crippen LogP contribution in [0.15, 0.2) is 48.5 Å². The molecule has 0 fully saturated rings. The van der Waals surface area contributed by atoms with Crippen molar-refractivity contribution >= 4 is 17.9 Å². The second-order valence-corrected chi connectivity index (χ2v) is 4.28. The lowest BCUT2D eigenvalue weighted by Crippen LogP contribution is -2.38. The molecule has 0 aliphatic rings. The zero-order valence-corrected chi connectivity index (χ0v) is 11.9. The monoisotopic (exact) mass is 301 g/mol. The van der Waals surface area contributed by atoms with Crippen molar-refractivity contribution in [2.24, 2.45) is 5.84 Å². The Morgan fingerprint density at radius 3 is 2.55 bits per heavy atom. The van der Waals surface area contributed by atoms with Gasteiger partial charge in [0.05, 0.1) is 7.11 Å². The Balaban J connectivity index is 2.02. The molecule has 0 radical (unpaired) electrons. The van der Waals surface area contributed by atoms with Gasteiger partial charge in [0, 0.05) is 0 Å². The number of carbonyl (C=O) groups is 2. The van der Waals surface area contributed by atoms with Gasteiger partial charge in [0.25, 0.3) is 0 Å². The van der Waals surface area contributed by atoms with E-state index in [2.05, 4.69) is 9.72 Å². The van der Waals surface area contributed by atoms with E-state index in [1.807, 2.05) is 30.3 Å². The number of carbonyl (C=O) groups excluding carboxylic acids is 2. The van der Waals surface area contributed by atoms with Gasteiger partial charge >= 0.3 is 12.1 Å². The number of hydrogen-bond acceptors (Lipinski definition) is 6. The van der Waals surface area contributed by atoms with E-state index in [1.165, 1.54) is 19.2 Å². The molecule has 0 aliphatic carbocycles. The first-order chi connectivity index (χ1) is 10.6. The number of nitrogens with two attached hydrogens (primary N) is 1. The minimum absolute atomic E-state index is 0.0475. The molecule has 2 aromatic rings. The zero-order valence-electron chi connectivity index (χ0n) is 11.9. The highest BCUT2D eigenvalue weighted by atomic mass is 16.6. The quantitative estimate of drug-likeness (QED) is 0.401. The lowest BCUT2D eigenvalue weighted by Gasteiger charge is -2.15. The summed E-state index contributed by atoms with van der Waals surface area (Å²) in [7, 11) is 1.24. The number of hydrazine groups is 1. The molecule has 0 saturated carbocycles. The van der Waals surface area contributed by atoms with Crippen LogP contribution in [-0.4, -0.2) is 24.2 Å². The van der Waals surface area contributed by atoms with Crippen molar-refractivity contribution in [1.82, 2.24) is 4.98 Å². The maximum atomic E-state index is 11.9. The molecule has 0 spiro atoms. The number of pyridine rings is 1. The second-order valence-electron chi connectivity index (χ2n) is 4.28. The largest absolute Gasteiger partial charge is 0.464 e. The van der Waals surface area contributed by atoms with E-state index < -0.39 is 12.1 Å². The lowest BCUT2D eigenvalue weighted by atomic mass is 10.2. The number of amides is 1. The molecule has 1 aromatic carbocycles. The lowest BCUT2D eigenvalue weighted by molar-refractivity contribution is 0.0594. The topological polar surface area (TPSA) is 94.8 Å². The standard InChI is InChI=1S/C15H15N3O4/c1-21-14(19)12-8-5-9-13(17-12)18(16)15(20)22-10-11-6-3-2-4-7-11/h2-9H,10,16H2,1H3. The third kappa shape index (κ3) is 3.80. The van der Waals surface area contributed by atoms with E-state index in [-0.39, 0.29) is 18.1 Å². The molecular weight excluding hydrogens is 286 g/mol. The van der Waals surface area contributed by atoms with Crippen LogP contribution in [0.5, 0.6) is 0 Å². The summed E-state index contributed by atoms with van der Waals surface area (Å²) in [6.07, 6.45) is -0.779. The predicted molar refractivity (Wildman–Crippen MR) is 78.9 cm³/mol. The van der Waals surface area contributed by atoms with Crippen LogP contribution in [0.25, 0.3) is 0 Å². The normalized spacial score (nSPS) is 9.91. The predicted octanol–water partition coefficient (Wildman–Crippen LogP) is 1.89. The Kier molecular flexibility index (Phi) is 5.05. The molecule has 7 nitrogen and oxygen atoms in total. The van der Waals surface area contributed by atoms with Gasteiger partial charge in [-0.1, -0.05) is 36.4 Å². The van der Waals surface area contributed by atoms with Gasteiger partial charge in [-0.05, 0) is 17.7 Å². The van der Waals surface area contributed by atoms with Crippen LogP contribution < -0.4 is 10.9 Å². The van der Waals surface area contributed by atoms with Crippen molar-refractivity contribution in [3.05, 3.63) is 59.8 Å². The zero-order chi connectivity index (χ0) is 15.9. The van der Waals surface area contributed by atoms with Crippen LogP contribution in [-0.2, 0) is 16.1 Å². The van der Waals surface area contributed by atoms with E-state index in [9.17, 15) is 9.59 Å². The van der Waals surface area contributed by atoms with Gasteiger partial charge in [0.15, 0.2) is 11.5 Å². The maximum absolute atomic E-state index is 11.9. The minimum atomic E-state index is -0.779. The first-order valence-corrected chi connectivity index (χ1v) is 6.42. The molecule has 1 aromatic heterocycles. The van der Waals surface area contributed by atoms with Gasteiger partial charge in [-0.2, -0.15) is 5.01 Å². The number of anilines is 1. The molecule has 0 bridgehead atoms. The molecule has 0 atom stereocenters. The molecular formula is C15H15N3O4. The molecule has 22 heavy (non-hydrogen) atoms. The van der Waals surface area contributed by atoms with Gasteiger partial charge in [0.1, 0.15) is 6.61 Å². The molecule has 1 amide bonds. The van der Waals surface area contributed by atoms with Crippen molar-refractivity contribution in [2.45, 2.75) is 6.61 Å². The number of nitrogens with zero attached hydrogens (tertiary/aromatic N) is 2. The summed E-state index contributed by atoms with van der Waals surface area (Å²) in [5.74, 6) is 5.12. The highest BCUT2D eigenvalue weighted by molar-refractivity contribution is 5.89. The molecule has 7 heteroatoms. The van der Waals surface area contributed by atoms with Crippen LogP contribution in [0.2, 0.25) is 0 Å². The highest BCUT2D eigenvalue weighted by Crippen LogP contribution is 2.11. The Morgan fingerprint density at radius 1 is 1.14 bits per heavy atom. The van der Waals surface area contributed by atoms with Gasteiger partial charge < -0.3 is 9.47 Å². The summed E-state index contributed by atoms with van der Waals surface area (Å²) in [5.41, 5.74) is 0.881. The van der Waals surface area contributed by atoms with E-state index >= 15 is 0 Å². The number of methoxy groups -OCH3 is 1. The van der Waals surface area contributed by atoms with Crippen LogP contribution in [0, 0.1) is 0 Å². The molecule has 1 heterocycles. The molecule has 2 rings (SSSR count). The number of aromatic nitrogens is 1. The van der Waals surface area contributed by atoms with Gasteiger partial charge in [-0.25, -0.2) is 20.4 Å². The molecule has 0 aliphatic heterocycles. The Morgan fingerprint density at radius 2 is 1.86 bits per heavy atom. The average Bonchev–Trinajstić information content (AvgIpc) is 2.59. The van der Waals surface area contributed by atoms with Crippen LogP contribution in [0.1, 0.15) is 16.1 Å². The van der Waals surface area contributed by atoms with E-state index in [1.54, 1.807) is 6.07 Å². The number of benzene rings is 1. The minimum Gasteiger partial charge on any atom is -0.464 e. The third-order valence-corrected chi connectivity index (χ3v) is 2.78. The summed E-state index contributed by atoms with van der Waals surface area (Å²) in [5, 5.41) is 0.732. The van der Waals surface area contributed by atoms with Crippen molar-refractivity contribution in [3.63, 3.8) is 0 Å². The second kappa shape index (κ2) is 7.19. The van der Waals surface area contributed by atoms with E-state index in [0.717, 1.165) is 10.6 Å². The van der Waals surface area contributed by atoms with E-state index in [0.29, 0.717) is 0 Å². The fourth-order valence-corrected chi connectivity index (χ4v) is 1.66. The smallest absolute Gasteiger partial charge is 0.430 e. The number of ether oxygens (including phenoxy) is 2. The molecule has 114 valence electrons. The van der Waals surface area contributed by atoms with Crippen molar-refractivity contribution in [1.29, 1.82) is 0 Å². The fraction of sp³-hybridized carbons (Fsp3) is 0.133. The summed E-state index contributed by atoms with van der Waals surface area (Å²) < 4.78 is 9.64. The van der Waals surface area contributed by atoms with Gasteiger partial charge in [-0.15, -0.1) is 0 Å². The molecule has 0 saturated heterocycles. The Bertz CT molecular complexity index is 661. The van der Waals surface area contributed by atoms with Crippen molar-refractivity contribution in [3.8, 4) is 0 Å². The SMILES string of the molecule is COC(=O)c1cccc(N(N)C(=O)OCc2ccccc2)n1. The molecule has 0 unspecified atom stereocenters. The Hall–Kier alpha value is -2.93. The fourth-order valence-electron chi connectivity index (χ4n) is 1.66. The Labute approximate surface area is 127 Å². The highest BCUT2D eigenvalue weighted by Gasteiger charge is 2.17. The first-order valence-electron chi connectivity index (χ1n) is 6.42. The third-order valence-electron chi connectivity index (χ3n) is 2.78. The summed E-state index contributed by atoms with van der Waals surface area (Å²) in [6.45, 7) is 0.0874. The maximum Gasteiger partial charge on any atom is 0.430 e. The van der Waals surface area contributed by atoms with Gasteiger partial charge in [0.2, 0.25) is 0 Å². The van der Waals surface area contributed by atoms with Crippen LogP contribution >= 0.6 is 0 Å². The summed E-state index contributed by atoms with van der Waals surface area (Å²) in [4.78, 5) is 27.2. The first kappa shape index (κ1) is 15.5. The van der Waals surface area contributed by atoms with Crippen LogP contribution in [0.3, 0.4) is 0 Å². The average molecular weight is 301 g/mol. The number of esters is 1. The number of rotatable bonds is 4. The van der Waals surface area contributed by atoms with E-state index in [4.69, 9.17) is 10.6 Å². The van der Waals surface area contributed by atoms with Crippen LogP contribution in [0.4, 0.5) is 10.6 Å². The number of hydrogen-bond donors (Lipinski definition) is 1. The molecule has 2 N–H and O–H groups in total.